The minimum absolute atomic E-state index is 0.00616. The van der Waals surface area contributed by atoms with Gasteiger partial charge >= 0.3 is 0 Å². The lowest BCUT2D eigenvalue weighted by Gasteiger charge is -2.41. The van der Waals surface area contributed by atoms with Gasteiger partial charge in [-0.25, -0.2) is 0 Å². The van der Waals surface area contributed by atoms with Crippen LogP contribution in [0.4, 0.5) is 0 Å². The molecule has 0 unspecified atom stereocenters. The van der Waals surface area contributed by atoms with Gasteiger partial charge in [0.2, 0.25) is 0 Å². The molecular formula is C27H38O11. The smallest absolute Gasteiger partial charge is 0.186 e. The van der Waals surface area contributed by atoms with E-state index in [1.807, 2.05) is 0 Å². The topological polar surface area (TPSA) is 179 Å². The number of hydrogen-bond donors (Lipinski definition) is 7. The number of ether oxygens (including phenoxy) is 4. The van der Waals surface area contributed by atoms with Gasteiger partial charge < -0.3 is 54.7 Å². The second-order valence-electron chi connectivity index (χ2n) is 9.43. The van der Waals surface area contributed by atoms with E-state index in [0.29, 0.717) is 37.2 Å². The van der Waals surface area contributed by atoms with E-state index in [4.69, 9.17) is 18.9 Å². The first-order chi connectivity index (χ1) is 18.2. The largest absolute Gasteiger partial charge is 0.504 e. The highest BCUT2D eigenvalue weighted by molar-refractivity contribution is 5.42. The van der Waals surface area contributed by atoms with Crippen LogP contribution in [0.5, 0.6) is 23.0 Å². The molecule has 212 valence electrons. The van der Waals surface area contributed by atoms with Gasteiger partial charge in [-0.3, -0.25) is 0 Å². The molecule has 38 heavy (non-hydrogen) atoms. The molecule has 7 N–H and O–H groups in total. The first kappa shape index (κ1) is 29.9. The third-order valence-corrected chi connectivity index (χ3v) is 6.72. The average molecular weight is 539 g/mol. The normalized spacial score (nSPS) is 25.1. The van der Waals surface area contributed by atoms with E-state index in [1.54, 1.807) is 24.3 Å². The van der Waals surface area contributed by atoms with Crippen LogP contribution in [0, 0.1) is 0 Å². The van der Waals surface area contributed by atoms with E-state index in [2.05, 4.69) is 0 Å². The number of rotatable bonds is 13. The van der Waals surface area contributed by atoms with Crippen LogP contribution in [0.15, 0.2) is 36.4 Å². The number of aryl methyl sites for hydroxylation is 2. The van der Waals surface area contributed by atoms with Crippen molar-refractivity contribution in [3.8, 4) is 23.0 Å². The Hall–Kier alpha value is -2.64. The van der Waals surface area contributed by atoms with Gasteiger partial charge in [0.1, 0.15) is 24.4 Å². The minimum Gasteiger partial charge on any atom is -0.504 e. The maximum absolute atomic E-state index is 10.8. The maximum atomic E-state index is 10.8. The third kappa shape index (κ3) is 7.70. The van der Waals surface area contributed by atoms with E-state index < -0.39 is 49.5 Å². The number of aliphatic hydroxyl groups excluding tert-OH is 5. The molecule has 1 heterocycles. The van der Waals surface area contributed by atoms with Crippen molar-refractivity contribution in [2.24, 2.45) is 0 Å². The Bertz CT molecular complexity index is 1010. The van der Waals surface area contributed by atoms with Crippen LogP contribution in [0.3, 0.4) is 0 Å². The van der Waals surface area contributed by atoms with Crippen molar-refractivity contribution >= 4 is 0 Å². The summed E-state index contributed by atoms with van der Waals surface area (Å²) in [5, 5.41) is 70.6. The lowest BCUT2D eigenvalue weighted by atomic mass is 9.97. The summed E-state index contributed by atoms with van der Waals surface area (Å²) in [4.78, 5) is 0. The summed E-state index contributed by atoms with van der Waals surface area (Å²) in [6, 6.07) is 9.90. The van der Waals surface area contributed by atoms with E-state index in [1.165, 1.54) is 26.4 Å². The number of phenolic OH excluding ortho intramolecular Hbond substituents is 2. The first-order valence-corrected chi connectivity index (χ1v) is 12.5. The SMILES string of the molecule is COc1cc(CC[C@@H](O)C[C@@H](CCc2ccc(O)c(OC)c2)O[C@@H]2O[C@H](CO)[C@@H](O)[C@H](O)[C@H]2O)ccc1O. The third-order valence-electron chi connectivity index (χ3n) is 6.72. The Kier molecular flexibility index (Phi) is 11.0. The number of methoxy groups -OCH3 is 2. The molecule has 0 bridgehead atoms. The van der Waals surface area contributed by atoms with Crippen molar-refractivity contribution in [3.05, 3.63) is 47.5 Å². The summed E-state index contributed by atoms with van der Waals surface area (Å²) in [6.07, 6.45) is -6.66. The van der Waals surface area contributed by atoms with Gasteiger partial charge in [-0.2, -0.15) is 0 Å². The van der Waals surface area contributed by atoms with Crippen molar-refractivity contribution in [2.75, 3.05) is 20.8 Å². The quantitative estimate of drug-likeness (QED) is 0.190. The zero-order chi connectivity index (χ0) is 27.8. The fourth-order valence-corrected chi connectivity index (χ4v) is 4.45. The number of aromatic hydroxyl groups is 2. The molecule has 11 heteroatoms. The highest BCUT2D eigenvalue weighted by Gasteiger charge is 2.44. The van der Waals surface area contributed by atoms with Gasteiger partial charge in [0, 0.05) is 0 Å². The van der Waals surface area contributed by atoms with Gasteiger partial charge in [0.25, 0.3) is 0 Å². The second kappa shape index (κ2) is 13.9. The summed E-state index contributed by atoms with van der Waals surface area (Å²) < 4.78 is 21.8. The Labute approximate surface area is 221 Å². The Morgan fingerprint density at radius 1 is 0.816 bits per heavy atom. The molecule has 0 aliphatic carbocycles. The predicted molar refractivity (Wildman–Crippen MR) is 135 cm³/mol. The number of aliphatic hydroxyl groups is 5. The van der Waals surface area contributed by atoms with E-state index in [-0.39, 0.29) is 17.9 Å². The lowest BCUT2D eigenvalue weighted by Crippen LogP contribution is -2.59. The maximum Gasteiger partial charge on any atom is 0.186 e. The average Bonchev–Trinajstić information content (AvgIpc) is 2.92. The van der Waals surface area contributed by atoms with Crippen LogP contribution in [-0.2, 0) is 22.3 Å². The Balaban J connectivity index is 1.69. The van der Waals surface area contributed by atoms with E-state index >= 15 is 0 Å². The molecule has 7 atom stereocenters. The molecule has 0 saturated carbocycles. The molecule has 1 fully saturated rings. The van der Waals surface area contributed by atoms with Crippen LogP contribution >= 0.6 is 0 Å². The van der Waals surface area contributed by atoms with E-state index in [9.17, 15) is 35.7 Å². The van der Waals surface area contributed by atoms with Gasteiger partial charge in [0.15, 0.2) is 29.3 Å². The summed E-state index contributed by atoms with van der Waals surface area (Å²) in [5.74, 6) is 0.686. The Morgan fingerprint density at radius 2 is 1.37 bits per heavy atom. The van der Waals surface area contributed by atoms with Gasteiger partial charge in [0.05, 0.1) is 33.0 Å². The van der Waals surface area contributed by atoms with Crippen LogP contribution in [0.1, 0.15) is 30.4 Å². The molecule has 0 amide bonds. The molecule has 0 radical (unpaired) electrons. The Morgan fingerprint density at radius 3 is 1.89 bits per heavy atom. The van der Waals surface area contributed by atoms with Crippen molar-refractivity contribution in [2.45, 2.75) is 75.0 Å². The van der Waals surface area contributed by atoms with Crippen molar-refractivity contribution in [3.63, 3.8) is 0 Å². The zero-order valence-electron chi connectivity index (χ0n) is 21.5. The molecule has 1 aliphatic heterocycles. The van der Waals surface area contributed by atoms with E-state index in [0.717, 1.165) is 11.1 Å². The number of phenols is 2. The van der Waals surface area contributed by atoms with Crippen LogP contribution in [0.25, 0.3) is 0 Å². The molecule has 1 saturated heterocycles. The standard InChI is InChI=1S/C27H38O11/c1-35-21-11-15(5-9-19(21)30)3-7-17(29)13-18(8-4-16-6-10-20(31)22(12-16)36-2)37-27-26(34)25(33)24(32)23(14-28)38-27/h5-6,9-12,17-18,23-34H,3-4,7-8,13-14H2,1-2H3/t17-,18-,23-,24-,25+,26-,27-/m1/s1. The van der Waals surface area contributed by atoms with Crippen molar-refractivity contribution < 1.29 is 54.7 Å². The molecule has 0 spiro atoms. The second-order valence-corrected chi connectivity index (χ2v) is 9.43. The predicted octanol–water partition coefficient (Wildman–Crippen LogP) is 0.616. The van der Waals surface area contributed by atoms with Crippen molar-refractivity contribution in [1.29, 1.82) is 0 Å². The summed E-state index contributed by atoms with van der Waals surface area (Å²) in [7, 11) is 2.91. The van der Waals surface area contributed by atoms with Crippen LogP contribution < -0.4 is 9.47 Å². The molecule has 2 aromatic rings. The van der Waals surface area contributed by atoms with Gasteiger partial charge in [-0.1, -0.05) is 12.1 Å². The van der Waals surface area contributed by atoms with Crippen LogP contribution in [0.2, 0.25) is 0 Å². The summed E-state index contributed by atoms with van der Waals surface area (Å²) >= 11 is 0. The first-order valence-electron chi connectivity index (χ1n) is 12.5. The molecule has 1 aliphatic rings. The zero-order valence-corrected chi connectivity index (χ0v) is 21.5. The lowest BCUT2D eigenvalue weighted by molar-refractivity contribution is -0.313. The van der Waals surface area contributed by atoms with Crippen LogP contribution in [-0.4, -0.2) is 99.5 Å². The molecule has 11 nitrogen and oxygen atoms in total. The number of hydrogen-bond acceptors (Lipinski definition) is 11. The highest BCUT2D eigenvalue weighted by atomic mass is 16.7. The fourth-order valence-electron chi connectivity index (χ4n) is 4.45. The van der Waals surface area contributed by atoms with Crippen molar-refractivity contribution in [1.82, 2.24) is 0 Å². The fraction of sp³-hybridized carbons (Fsp3) is 0.556. The molecule has 2 aromatic carbocycles. The highest BCUT2D eigenvalue weighted by Crippen LogP contribution is 2.30. The summed E-state index contributed by atoms with van der Waals surface area (Å²) in [5.41, 5.74) is 1.70. The van der Waals surface area contributed by atoms with Gasteiger partial charge in [-0.05, 0) is 67.5 Å². The summed E-state index contributed by atoms with van der Waals surface area (Å²) in [6.45, 7) is -0.582. The molecular weight excluding hydrogens is 500 g/mol. The number of benzene rings is 2. The molecule has 3 rings (SSSR count). The van der Waals surface area contributed by atoms with Gasteiger partial charge in [-0.15, -0.1) is 0 Å². The molecule has 0 aromatic heterocycles. The monoisotopic (exact) mass is 538 g/mol. The minimum atomic E-state index is -1.58.